The quantitative estimate of drug-likeness (QED) is 0.176. The van der Waals surface area contributed by atoms with E-state index < -0.39 is 54.4 Å². The van der Waals surface area contributed by atoms with E-state index in [0.29, 0.717) is 11.1 Å². The van der Waals surface area contributed by atoms with Gasteiger partial charge in [0.1, 0.15) is 0 Å². The van der Waals surface area contributed by atoms with E-state index in [9.17, 15) is 6.85 Å². The summed E-state index contributed by atoms with van der Waals surface area (Å²) in [5, 5.41) is 5.28. The van der Waals surface area contributed by atoms with Gasteiger partial charge in [0, 0.05) is 16.8 Å². The lowest BCUT2D eigenvalue weighted by atomic mass is 9.97. The minimum absolute atomic E-state index is 0.0545. The highest BCUT2D eigenvalue weighted by Gasteiger charge is 2.17. The number of nitrogens with zero attached hydrogens (tertiary/aromatic N) is 1. The monoisotopic (exact) mass is 608 g/mol. The summed E-state index contributed by atoms with van der Waals surface area (Å²) < 4.78 is 99.7. The van der Waals surface area contributed by atoms with Crippen molar-refractivity contribution in [2.75, 3.05) is 4.90 Å². The molecule has 0 aliphatic rings. The van der Waals surface area contributed by atoms with Crippen LogP contribution >= 0.6 is 0 Å². The van der Waals surface area contributed by atoms with Gasteiger partial charge in [0.15, 0.2) is 0 Å². The SMILES string of the molecule is [2H]c1c([2H])c(N(c2cccc(-c3cccc4ccccc34)c2)c2c([2H])c([2H])c([2H])c3c([2H])c([2H])c([2H])c([2H])c23)c([2H])c([2H])c1-c1ccc2c(ccc3ccccc32)c1. The van der Waals surface area contributed by atoms with Gasteiger partial charge >= 0.3 is 0 Å². The van der Waals surface area contributed by atoms with E-state index >= 15 is 0 Å². The van der Waals surface area contributed by atoms with Gasteiger partial charge in [-0.1, -0.05) is 151 Å². The molecule has 47 heavy (non-hydrogen) atoms. The van der Waals surface area contributed by atoms with Crippen LogP contribution in [0.4, 0.5) is 17.1 Å². The molecule has 0 spiro atoms. The zero-order valence-corrected chi connectivity index (χ0v) is 25.0. The first-order valence-electron chi connectivity index (χ1n) is 20.8. The average Bonchev–Trinajstić information content (AvgIpc) is 3.25. The van der Waals surface area contributed by atoms with Crippen LogP contribution in [0.5, 0.6) is 0 Å². The lowest BCUT2D eigenvalue weighted by molar-refractivity contribution is 1.30. The Balaban J connectivity index is 1.36. The van der Waals surface area contributed by atoms with Gasteiger partial charge in [-0.05, 0) is 96.3 Å². The van der Waals surface area contributed by atoms with Crippen LogP contribution in [0.3, 0.4) is 0 Å². The highest BCUT2D eigenvalue weighted by atomic mass is 15.1. The predicted octanol–water partition coefficient (Wildman–Crippen LogP) is 13.1. The first-order chi connectivity index (χ1) is 27.9. The standard InChI is InChI=1S/C46H31N/c1-4-17-41-33(10-1)13-8-20-43(41)37-15-7-16-40(31-37)47(46-21-9-14-34-11-3-6-19-45(34)46)39-27-24-32(25-28-39)36-26-29-44-38(30-36)23-22-35-12-2-5-18-42(35)44/h1-31H/i3D,6D,9D,11D,14D,19D,21D,24D,25D,27D,28D. The van der Waals surface area contributed by atoms with Crippen molar-refractivity contribution in [1.29, 1.82) is 0 Å². The summed E-state index contributed by atoms with van der Waals surface area (Å²) in [6.07, 6.45) is 0. The molecule has 0 bridgehead atoms. The fourth-order valence-corrected chi connectivity index (χ4v) is 6.36. The van der Waals surface area contributed by atoms with E-state index in [-0.39, 0.29) is 45.5 Å². The highest BCUT2D eigenvalue weighted by molar-refractivity contribution is 6.08. The summed E-state index contributed by atoms with van der Waals surface area (Å²) in [6, 6.07) is 32.3. The van der Waals surface area contributed by atoms with E-state index in [1.807, 2.05) is 97.1 Å². The molecular weight excluding hydrogens is 567 g/mol. The second-order valence-corrected chi connectivity index (χ2v) is 11.3. The Morgan fingerprint density at radius 2 is 1.06 bits per heavy atom. The maximum absolute atomic E-state index is 9.57. The third-order valence-corrected chi connectivity index (χ3v) is 8.59. The second kappa shape index (κ2) is 11.3. The summed E-state index contributed by atoms with van der Waals surface area (Å²) in [4.78, 5) is 1.29. The van der Waals surface area contributed by atoms with E-state index in [1.54, 1.807) is 24.3 Å². The predicted molar refractivity (Wildman–Crippen MR) is 202 cm³/mol. The van der Waals surface area contributed by atoms with Crippen molar-refractivity contribution in [3.05, 3.63) is 188 Å². The van der Waals surface area contributed by atoms with Crippen molar-refractivity contribution >= 4 is 60.2 Å². The molecule has 0 saturated heterocycles. The van der Waals surface area contributed by atoms with Crippen molar-refractivity contribution < 1.29 is 15.1 Å². The number of rotatable bonds is 5. The fraction of sp³-hybridized carbons (Fsp3) is 0. The smallest absolute Gasteiger partial charge is 0.0645 e. The van der Waals surface area contributed by atoms with Gasteiger partial charge in [-0.25, -0.2) is 0 Å². The largest absolute Gasteiger partial charge is 0.310 e. The molecule has 1 heteroatoms. The summed E-state index contributed by atoms with van der Waals surface area (Å²) >= 11 is 0. The molecular formula is C46H31N. The zero-order chi connectivity index (χ0) is 40.7. The molecule has 0 aromatic heterocycles. The van der Waals surface area contributed by atoms with Crippen LogP contribution in [-0.4, -0.2) is 0 Å². The first kappa shape index (κ1) is 18.1. The van der Waals surface area contributed by atoms with Crippen LogP contribution in [-0.2, 0) is 0 Å². The molecule has 0 radical (unpaired) electrons. The normalized spacial score (nSPS) is 14.7. The lowest BCUT2D eigenvalue weighted by Crippen LogP contribution is -2.10. The van der Waals surface area contributed by atoms with Crippen LogP contribution in [0.25, 0.3) is 65.3 Å². The molecule has 0 aliphatic heterocycles. The van der Waals surface area contributed by atoms with Crippen molar-refractivity contribution in [1.82, 2.24) is 0 Å². The third-order valence-electron chi connectivity index (χ3n) is 8.59. The summed E-state index contributed by atoms with van der Waals surface area (Å²) in [5.41, 5.74) is 1.75. The van der Waals surface area contributed by atoms with E-state index in [2.05, 4.69) is 0 Å². The second-order valence-electron chi connectivity index (χ2n) is 11.3. The maximum atomic E-state index is 9.57. The van der Waals surface area contributed by atoms with E-state index in [4.69, 9.17) is 8.22 Å². The van der Waals surface area contributed by atoms with Crippen LogP contribution in [0, 0.1) is 0 Å². The third kappa shape index (κ3) is 4.81. The molecule has 9 aromatic rings. The fourth-order valence-electron chi connectivity index (χ4n) is 6.36. The minimum Gasteiger partial charge on any atom is -0.310 e. The topological polar surface area (TPSA) is 3.24 Å². The molecule has 9 rings (SSSR count). The number of anilines is 3. The number of benzene rings is 9. The van der Waals surface area contributed by atoms with E-state index in [1.165, 1.54) is 4.90 Å². The van der Waals surface area contributed by atoms with Gasteiger partial charge < -0.3 is 4.90 Å². The van der Waals surface area contributed by atoms with Gasteiger partial charge in [0.05, 0.1) is 20.8 Å². The van der Waals surface area contributed by atoms with Crippen molar-refractivity contribution in [3.63, 3.8) is 0 Å². The molecule has 0 fully saturated rings. The summed E-state index contributed by atoms with van der Waals surface area (Å²) in [5.74, 6) is 0. The van der Waals surface area contributed by atoms with Crippen molar-refractivity contribution in [2.24, 2.45) is 0 Å². The molecule has 220 valence electrons. The Bertz CT molecular complexity index is 3170. The highest BCUT2D eigenvalue weighted by Crippen LogP contribution is 2.41. The summed E-state index contributed by atoms with van der Waals surface area (Å²) in [7, 11) is 0. The molecule has 0 saturated carbocycles. The molecule has 0 amide bonds. The van der Waals surface area contributed by atoms with Gasteiger partial charge in [-0.15, -0.1) is 0 Å². The minimum atomic E-state index is -0.627. The van der Waals surface area contributed by atoms with Crippen molar-refractivity contribution in [3.8, 4) is 22.3 Å². The molecule has 9 aromatic carbocycles. The molecule has 0 heterocycles. The van der Waals surface area contributed by atoms with Gasteiger partial charge in [0.2, 0.25) is 0 Å². The first-order valence-corrected chi connectivity index (χ1v) is 15.3. The van der Waals surface area contributed by atoms with E-state index in [0.717, 1.165) is 37.9 Å². The van der Waals surface area contributed by atoms with Gasteiger partial charge in [-0.2, -0.15) is 0 Å². The van der Waals surface area contributed by atoms with Crippen LogP contribution in [0.1, 0.15) is 15.1 Å². The molecule has 0 N–H and O–H groups in total. The molecule has 0 unspecified atom stereocenters. The lowest BCUT2D eigenvalue weighted by Gasteiger charge is -2.27. The summed E-state index contributed by atoms with van der Waals surface area (Å²) in [6.45, 7) is 0. The Labute approximate surface area is 290 Å². The zero-order valence-electron chi connectivity index (χ0n) is 36.0. The van der Waals surface area contributed by atoms with Crippen molar-refractivity contribution in [2.45, 2.75) is 0 Å². The average molecular weight is 609 g/mol. The van der Waals surface area contributed by atoms with Gasteiger partial charge in [0.25, 0.3) is 0 Å². The van der Waals surface area contributed by atoms with Crippen LogP contribution < -0.4 is 4.90 Å². The molecule has 0 aliphatic carbocycles. The van der Waals surface area contributed by atoms with Crippen LogP contribution in [0.2, 0.25) is 0 Å². The van der Waals surface area contributed by atoms with Crippen LogP contribution in [0.15, 0.2) is 188 Å². The maximum Gasteiger partial charge on any atom is 0.0645 e. The molecule has 1 nitrogen and oxygen atoms in total. The van der Waals surface area contributed by atoms with Gasteiger partial charge in [-0.3, -0.25) is 0 Å². The Morgan fingerprint density at radius 3 is 1.96 bits per heavy atom. The Morgan fingerprint density at radius 1 is 0.362 bits per heavy atom. The molecule has 0 atom stereocenters. The number of hydrogen-bond donors (Lipinski definition) is 0. The number of hydrogen-bond acceptors (Lipinski definition) is 1. The number of fused-ring (bicyclic) bond motifs is 5. The Hall–Kier alpha value is -6.18. The Kier molecular flexibility index (Phi) is 4.36.